The zero-order valence-electron chi connectivity index (χ0n) is 10.2. The first-order valence-corrected chi connectivity index (χ1v) is 6.00. The molecule has 94 valence electrons. The van der Waals surface area contributed by atoms with Gasteiger partial charge >= 0.3 is 5.97 Å². The second-order valence-electron chi connectivity index (χ2n) is 3.74. The van der Waals surface area contributed by atoms with Crippen LogP contribution in [0.1, 0.15) is 44.9 Å². The predicted octanol–water partition coefficient (Wildman–Crippen LogP) is 2.65. The number of ether oxygens (including phenoxy) is 1. The number of hydrogen-bond donors (Lipinski definition) is 0. The minimum Gasteiger partial charge on any atom is -0.452 e. The van der Waals surface area contributed by atoms with Gasteiger partial charge in [-0.2, -0.15) is 0 Å². The van der Waals surface area contributed by atoms with Gasteiger partial charge in [0.2, 0.25) is 0 Å². The Morgan fingerprint density at radius 3 is 2.59 bits per heavy atom. The Balaban J connectivity index is 3.18. The molecule has 0 aromatic carbocycles. The van der Waals surface area contributed by atoms with Crippen molar-refractivity contribution < 1.29 is 14.3 Å². The maximum atomic E-state index is 11.0. The van der Waals surface area contributed by atoms with E-state index in [1.54, 1.807) is 0 Å². The van der Waals surface area contributed by atoms with Crippen LogP contribution in [0.2, 0.25) is 0 Å². The first-order valence-electron chi connectivity index (χ1n) is 6.00. The molecule has 0 fully saturated rings. The maximum absolute atomic E-state index is 11.0. The van der Waals surface area contributed by atoms with Crippen molar-refractivity contribution in [3.8, 4) is 12.3 Å². The summed E-state index contributed by atoms with van der Waals surface area (Å²) < 4.78 is 4.75. The second-order valence-corrected chi connectivity index (χ2v) is 3.74. The normalized spacial score (nSPS) is 10.1. The molecule has 0 saturated heterocycles. The quantitative estimate of drug-likeness (QED) is 0.192. The highest BCUT2D eigenvalue weighted by Gasteiger charge is 2.00. The molecule has 0 heterocycles. The van der Waals surface area contributed by atoms with E-state index in [-0.39, 0.29) is 12.6 Å². The van der Waals surface area contributed by atoms with E-state index < -0.39 is 0 Å². The van der Waals surface area contributed by atoms with Crippen LogP contribution in [0.3, 0.4) is 0 Å². The number of carbonyl (C=O) groups excluding carboxylic acids is 2. The van der Waals surface area contributed by atoms with Crippen molar-refractivity contribution in [3.63, 3.8) is 0 Å². The summed E-state index contributed by atoms with van der Waals surface area (Å²) in [6.45, 7) is 0.0713. The number of carbonyl (C=O) groups is 2. The Bertz CT molecular complexity index is 274. The number of esters is 1. The van der Waals surface area contributed by atoms with E-state index in [4.69, 9.17) is 11.2 Å². The molecule has 0 spiro atoms. The van der Waals surface area contributed by atoms with E-state index in [0.29, 0.717) is 6.42 Å². The summed E-state index contributed by atoms with van der Waals surface area (Å²) in [5.41, 5.74) is 0. The minimum absolute atomic E-state index is 0.0713. The van der Waals surface area contributed by atoms with E-state index >= 15 is 0 Å². The van der Waals surface area contributed by atoms with Gasteiger partial charge in [-0.25, -0.2) is 0 Å². The fourth-order valence-electron chi connectivity index (χ4n) is 1.41. The van der Waals surface area contributed by atoms with Crippen LogP contribution < -0.4 is 0 Å². The molecule has 3 heteroatoms. The van der Waals surface area contributed by atoms with Crippen LogP contribution in [0, 0.1) is 12.3 Å². The zero-order valence-corrected chi connectivity index (χ0v) is 10.2. The van der Waals surface area contributed by atoms with Crippen LogP contribution in [-0.4, -0.2) is 18.9 Å². The first kappa shape index (κ1) is 15.4. The van der Waals surface area contributed by atoms with Gasteiger partial charge in [0.15, 0.2) is 6.61 Å². The molecule has 0 aromatic heterocycles. The summed E-state index contributed by atoms with van der Waals surface area (Å²) in [6, 6.07) is 0. The summed E-state index contributed by atoms with van der Waals surface area (Å²) in [5.74, 6) is 2.05. The smallest absolute Gasteiger partial charge is 0.306 e. The molecule has 0 amide bonds. The van der Waals surface area contributed by atoms with Gasteiger partial charge in [0, 0.05) is 6.42 Å². The number of aldehydes is 1. The van der Waals surface area contributed by atoms with Gasteiger partial charge in [-0.05, 0) is 25.3 Å². The Labute approximate surface area is 103 Å². The summed E-state index contributed by atoms with van der Waals surface area (Å²) in [5, 5.41) is 0. The molecule has 3 nitrogen and oxygen atoms in total. The highest BCUT2D eigenvalue weighted by atomic mass is 16.5. The number of unbranched alkanes of at least 4 members (excludes halogenated alkanes) is 5. The van der Waals surface area contributed by atoms with E-state index in [1.807, 2.05) is 6.08 Å². The molecule has 0 N–H and O–H groups in total. The Kier molecular flexibility index (Phi) is 11.4. The lowest BCUT2D eigenvalue weighted by atomic mass is 10.1. The molecule has 0 aliphatic heterocycles. The minimum atomic E-state index is -0.211. The number of rotatable bonds is 10. The molecule has 0 aliphatic rings. The van der Waals surface area contributed by atoms with Crippen molar-refractivity contribution in [2.45, 2.75) is 44.9 Å². The van der Waals surface area contributed by atoms with Crippen LogP contribution in [0.15, 0.2) is 12.2 Å². The fourth-order valence-corrected chi connectivity index (χ4v) is 1.41. The molecule has 0 saturated carbocycles. The molecule has 0 bridgehead atoms. The first-order chi connectivity index (χ1) is 8.31. The van der Waals surface area contributed by atoms with E-state index in [1.165, 1.54) is 6.08 Å². The lowest BCUT2D eigenvalue weighted by Gasteiger charge is -2.01. The zero-order chi connectivity index (χ0) is 12.8. The topological polar surface area (TPSA) is 43.4 Å². The van der Waals surface area contributed by atoms with Gasteiger partial charge in [0.1, 0.15) is 6.29 Å². The van der Waals surface area contributed by atoms with Gasteiger partial charge in [0.25, 0.3) is 0 Å². The SMILES string of the molecule is C#CCOC(=O)CCCCCCC/C=C\C=O. The van der Waals surface area contributed by atoms with E-state index in [9.17, 15) is 9.59 Å². The summed E-state index contributed by atoms with van der Waals surface area (Å²) >= 11 is 0. The van der Waals surface area contributed by atoms with Crippen molar-refractivity contribution in [1.82, 2.24) is 0 Å². The van der Waals surface area contributed by atoms with E-state index in [2.05, 4.69) is 5.92 Å². The van der Waals surface area contributed by atoms with Crippen molar-refractivity contribution in [1.29, 1.82) is 0 Å². The average molecular weight is 236 g/mol. The largest absolute Gasteiger partial charge is 0.452 e. The third kappa shape index (κ3) is 12.4. The number of allylic oxidation sites excluding steroid dienone is 2. The second kappa shape index (κ2) is 12.5. The van der Waals surface area contributed by atoms with Crippen molar-refractivity contribution in [2.24, 2.45) is 0 Å². The Morgan fingerprint density at radius 1 is 1.18 bits per heavy atom. The van der Waals surface area contributed by atoms with Crippen molar-refractivity contribution in [3.05, 3.63) is 12.2 Å². The molecule has 0 aliphatic carbocycles. The van der Waals surface area contributed by atoms with Crippen LogP contribution in [-0.2, 0) is 14.3 Å². The summed E-state index contributed by atoms with van der Waals surface area (Å²) in [7, 11) is 0. The van der Waals surface area contributed by atoms with E-state index in [0.717, 1.165) is 44.8 Å². The lowest BCUT2D eigenvalue weighted by Crippen LogP contribution is -2.03. The van der Waals surface area contributed by atoms with Crippen LogP contribution >= 0.6 is 0 Å². The molecule has 0 unspecified atom stereocenters. The molecule has 0 radical (unpaired) electrons. The van der Waals surface area contributed by atoms with Crippen molar-refractivity contribution in [2.75, 3.05) is 6.61 Å². The predicted molar refractivity (Wildman–Crippen MR) is 67.3 cm³/mol. The molecular formula is C14H20O3. The van der Waals surface area contributed by atoms with Crippen LogP contribution in [0.5, 0.6) is 0 Å². The van der Waals surface area contributed by atoms with Gasteiger partial charge in [-0.1, -0.05) is 31.3 Å². The summed E-state index contributed by atoms with van der Waals surface area (Å²) in [6.07, 6.45) is 15.8. The third-order valence-electron chi connectivity index (χ3n) is 2.28. The van der Waals surface area contributed by atoms with Crippen molar-refractivity contribution >= 4 is 12.3 Å². The number of hydrogen-bond acceptors (Lipinski definition) is 3. The van der Waals surface area contributed by atoms with Gasteiger partial charge in [-0.15, -0.1) is 6.42 Å². The lowest BCUT2D eigenvalue weighted by molar-refractivity contribution is -0.142. The third-order valence-corrected chi connectivity index (χ3v) is 2.28. The highest BCUT2D eigenvalue weighted by Crippen LogP contribution is 2.08. The van der Waals surface area contributed by atoms with Crippen LogP contribution in [0.25, 0.3) is 0 Å². The maximum Gasteiger partial charge on any atom is 0.306 e. The fraction of sp³-hybridized carbons (Fsp3) is 0.571. The molecule has 0 rings (SSSR count). The molecular weight excluding hydrogens is 216 g/mol. The molecule has 0 atom stereocenters. The van der Waals surface area contributed by atoms with Gasteiger partial charge in [0.05, 0.1) is 0 Å². The molecule has 0 aromatic rings. The Morgan fingerprint density at radius 2 is 1.88 bits per heavy atom. The van der Waals surface area contributed by atoms with Gasteiger partial charge < -0.3 is 4.74 Å². The standard InChI is InChI=1S/C14H20O3/c1-2-13-17-14(16)11-9-7-5-3-4-6-8-10-12-15/h1,8,10,12H,3-7,9,11,13H2/b10-8-. The molecule has 17 heavy (non-hydrogen) atoms. The summed E-state index contributed by atoms with van der Waals surface area (Å²) in [4.78, 5) is 21.0. The number of terminal acetylenes is 1. The Hall–Kier alpha value is -1.56. The monoisotopic (exact) mass is 236 g/mol. The average Bonchev–Trinajstić information content (AvgIpc) is 2.34. The highest BCUT2D eigenvalue weighted by molar-refractivity contribution is 5.69. The van der Waals surface area contributed by atoms with Crippen LogP contribution in [0.4, 0.5) is 0 Å². The van der Waals surface area contributed by atoms with Gasteiger partial charge in [-0.3, -0.25) is 9.59 Å².